The van der Waals surface area contributed by atoms with E-state index in [1.54, 1.807) is 0 Å². The molecule has 0 N–H and O–H groups in total. The highest BCUT2D eigenvalue weighted by Crippen LogP contribution is 2.44. The van der Waals surface area contributed by atoms with E-state index in [2.05, 4.69) is 34.1 Å². The lowest BCUT2D eigenvalue weighted by Crippen LogP contribution is -2.17. The summed E-state index contributed by atoms with van der Waals surface area (Å²) >= 11 is 10.1. The third-order valence-corrected chi connectivity index (χ3v) is 4.63. The van der Waals surface area contributed by atoms with E-state index in [9.17, 15) is 0 Å². The van der Waals surface area contributed by atoms with Gasteiger partial charge in [-0.05, 0) is 35.7 Å². The molecule has 3 heteroatoms. The van der Waals surface area contributed by atoms with Crippen LogP contribution in [0.3, 0.4) is 0 Å². The van der Waals surface area contributed by atoms with Crippen LogP contribution < -0.4 is 4.74 Å². The molecule has 2 atom stereocenters. The van der Waals surface area contributed by atoms with Crippen molar-refractivity contribution in [1.82, 2.24) is 0 Å². The largest absolute Gasteiger partial charge is 0.493 e. The summed E-state index contributed by atoms with van der Waals surface area (Å²) in [4.78, 5) is 0. The average molecular weight is 338 g/mol. The summed E-state index contributed by atoms with van der Waals surface area (Å²) in [5.74, 6) is 1.29. The van der Waals surface area contributed by atoms with E-state index in [0.29, 0.717) is 5.92 Å². The van der Waals surface area contributed by atoms with Gasteiger partial charge in [-0.25, -0.2) is 0 Å². The zero-order valence-corrected chi connectivity index (χ0v) is 12.7. The molecule has 2 unspecified atom stereocenters. The van der Waals surface area contributed by atoms with Crippen molar-refractivity contribution in [3.8, 4) is 5.75 Å². The normalized spacial score (nSPS) is 19.4. The van der Waals surface area contributed by atoms with Gasteiger partial charge in [-0.1, -0.05) is 46.3 Å². The molecule has 0 spiro atoms. The van der Waals surface area contributed by atoms with Crippen LogP contribution in [0.4, 0.5) is 0 Å². The molecule has 1 nitrogen and oxygen atoms in total. The maximum absolute atomic E-state index is 6.69. The Balaban J connectivity index is 1.92. The van der Waals surface area contributed by atoms with Crippen LogP contribution >= 0.6 is 27.5 Å². The van der Waals surface area contributed by atoms with Gasteiger partial charge in [-0.2, -0.15) is 0 Å². The first-order valence-electron chi connectivity index (χ1n) is 6.37. The van der Waals surface area contributed by atoms with Gasteiger partial charge >= 0.3 is 0 Å². The van der Waals surface area contributed by atoms with E-state index in [4.69, 9.17) is 16.3 Å². The van der Waals surface area contributed by atoms with Crippen LogP contribution in [0.25, 0.3) is 0 Å². The molecule has 0 fully saturated rings. The van der Waals surface area contributed by atoms with Crippen molar-refractivity contribution in [3.63, 3.8) is 0 Å². The summed E-state index contributed by atoms with van der Waals surface area (Å²) in [6, 6.07) is 16.4. The number of hydrogen-bond acceptors (Lipinski definition) is 1. The van der Waals surface area contributed by atoms with Crippen molar-refractivity contribution < 1.29 is 4.74 Å². The highest BCUT2D eigenvalue weighted by atomic mass is 79.9. The van der Waals surface area contributed by atoms with E-state index in [-0.39, 0.29) is 5.38 Å². The van der Waals surface area contributed by atoms with Gasteiger partial charge in [0, 0.05) is 10.4 Å². The van der Waals surface area contributed by atoms with E-state index in [1.807, 2.05) is 30.3 Å². The summed E-state index contributed by atoms with van der Waals surface area (Å²) in [6.45, 7) is 0.738. The number of halogens is 2. The fourth-order valence-corrected chi connectivity index (χ4v) is 3.22. The minimum atomic E-state index is -0.0156. The molecule has 2 aromatic rings. The smallest absolute Gasteiger partial charge is 0.122 e. The Kier molecular flexibility index (Phi) is 3.81. The van der Waals surface area contributed by atoms with Crippen LogP contribution in [-0.4, -0.2) is 6.61 Å². The molecule has 3 rings (SSSR count). The molecule has 0 aliphatic carbocycles. The lowest BCUT2D eigenvalue weighted by Gasteiger charge is -2.29. The lowest BCUT2D eigenvalue weighted by molar-refractivity contribution is 0.265. The third kappa shape index (κ3) is 2.65. The highest BCUT2D eigenvalue weighted by molar-refractivity contribution is 9.10. The Morgan fingerprint density at radius 2 is 1.84 bits per heavy atom. The Hall–Kier alpha value is -0.990. The first kappa shape index (κ1) is 13.0. The standard InChI is InChI=1S/C16H14BrClO/c17-12-7-5-11(6-8-12)16(18)14-9-10-19-15-4-2-1-3-13(14)15/h1-8,14,16H,9-10H2. The minimum Gasteiger partial charge on any atom is -0.493 e. The maximum atomic E-state index is 6.69. The van der Waals surface area contributed by atoms with Gasteiger partial charge in [0.2, 0.25) is 0 Å². The molecular formula is C16H14BrClO. The monoisotopic (exact) mass is 336 g/mol. The van der Waals surface area contributed by atoms with Gasteiger partial charge in [-0.15, -0.1) is 11.6 Å². The molecule has 0 saturated carbocycles. The summed E-state index contributed by atoms with van der Waals surface area (Å²) in [6.07, 6.45) is 0.960. The van der Waals surface area contributed by atoms with Crippen molar-refractivity contribution >= 4 is 27.5 Å². The van der Waals surface area contributed by atoms with Crippen LogP contribution in [0.5, 0.6) is 5.75 Å². The Bertz CT molecular complexity index is 567. The summed E-state index contributed by atoms with van der Waals surface area (Å²) < 4.78 is 6.77. The molecule has 19 heavy (non-hydrogen) atoms. The molecule has 98 valence electrons. The van der Waals surface area contributed by atoms with Crippen LogP contribution in [0.2, 0.25) is 0 Å². The molecule has 0 aromatic heterocycles. The summed E-state index contributed by atoms with van der Waals surface area (Å²) in [7, 11) is 0. The second-order valence-corrected chi connectivity index (χ2v) is 6.12. The molecule has 0 radical (unpaired) electrons. The lowest BCUT2D eigenvalue weighted by atomic mass is 9.87. The van der Waals surface area contributed by atoms with Gasteiger partial charge < -0.3 is 4.74 Å². The van der Waals surface area contributed by atoms with Crippen molar-refractivity contribution in [2.45, 2.75) is 17.7 Å². The number of alkyl halides is 1. The number of benzene rings is 2. The second-order valence-electron chi connectivity index (χ2n) is 4.73. The number of ether oxygens (including phenoxy) is 1. The van der Waals surface area contributed by atoms with Crippen molar-refractivity contribution in [2.24, 2.45) is 0 Å². The first-order valence-corrected chi connectivity index (χ1v) is 7.60. The average Bonchev–Trinajstić information content (AvgIpc) is 2.47. The predicted molar refractivity (Wildman–Crippen MR) is 82.0 cm³/mol. The summed E-state index contributed by atoms with van der Waals surface area (Å²) in [5, 5.41) is -0.0156. The molecule has 1 aliphatic heterocycles. The molecule has 1 heterocycles. The number of hydrogen-bond donors (Lipinski definition) is 0. The Morgan fingerprint density at radius 1 is 1.11 bits per heavy atom. The fraction of sp³-hybridized carbons (Fsp3) is 0.250. The van der Waals surface area contributed by atoms with Crippen LogP contribution in [0, 0.1) is 0 Å². The molecule has 0 saturated heterocycles. The second kappa shape index (κ2) is 5.56. The van der Waals surface area contributed by atoms with Crippen molar-refractivity contribution in [3.05, 3.63) is 64.1 Å². The zero-order valence-electron chi connectivity index (χ0n) is 10.4. The van der Waals surface area contributed by atoms with Crippen molar-refractivity contribution in [1.29, 1.82) is 0 Å². The molecule has 0 bridgehead atoms. The minimum absolute atomic E-state index is 0.0156. The molecule has 2 aromatic carbocycles. The van der Waals surface area contributed by atoms with E-state index in [1.165, 1.54) is 5.56 Å². The molecule has 1 aliphatic rings. The van der Waals surface area contributed by atoms with Gasteiger partial charge in [-0.3, -0.25) is 0 Å². The topological polar surface area (TPSA) is 9.23 Å². The van der Waals surface area contributed by atoms with Crippen LogP contribution in [0.15, 0.2) is 53.0 Å². The van der Waals surface area contributed by atoms with Gasteiger partial charge in [0.1, 0.15) is 5.75 Å². The Morgan fingerprint density at radius 3 is 2.63 bits per heavy atom. The fourth-order valence-electron chi connectivity index (χ4n) is 2.55. The third-order valence-electron chi connectivity index (χ3n) is 3.55. The SMILES string of the molecule is ClC(c1ccc(Br)cc1)C1CCOc2ccccc21. The number of para-hydroxylation sites is 1. The van der Waals surface area contributed by atoms with Crippen LogP contribution in [-0.2, 0) is 0 Å². The molecule has 0 amide bonds. The molecular weight excluding hydrogens is 324 g/mol. The van der Waals surface area contributed by atoms with E-state index < -0.39 is 0 Å². The van der Waals surface area contributed by atoms with Gasteiger partial charge in [0.25, 0.3) is 0 Å². The predicted octanol–water partition coefficient (Wildman–Crippen LogP) is 5.30. The van der Waals surface area contributed by atoms with Crippen molar-refractivity contribution in [2.75, 3.05) is 6.61 Å². The highest BCUT2D eigenvalue weighted by Gasteiger charge is 2.28. The van der Waals surface area contributed by atoms with Gasteiger partial charge in [0.15, 0.2) is 0 Å². The van der Waals surface area contributed by atoms with E-state index in [0.717, 1.165) is 28.8 Å². The number of rotatable bonds is 2. The first-order chi connectivity index (χ1) is 9.25. The maximum Gasteiger partial charge on any atom is 0.122 e. The van der Waals surface area contributed by atoms with E-state index >= 15 is 0 Å². The quantitative estimate of drug-likeness (QED) is 0.676. The van der Waals surface area contributed by atoms with Gasteiger partial charge in [0.05, 0.1) is 12.0 Å². The Labute approximate surface area is 126 Å². The zero-order chi connectivity index (χ0) is 13.2. The van der Waals surface area contributed by atoms with Crippen LogP contribution in [0.1, 0.15) is 28.8 Å². The number of fused-ring (bicyclic) bond motifs is 1. The summed E-state index contributed by atoms with van der Waals surface area (Å²) in [5.41, 5.74) is 2.38.